The van der Waals surface area contributed by atoms with E-state index >= 15 is 0 Å². The van der Waals surface area contributed by atoms with Crippen LogP contribution in [-0.4, -0.2) is 28.8 Å². The topological polar surface area (TPSA) is 68.7 Å². The van der Waals surface area contributed by atoms with Crippen LogP contribution in [0, 0.1) is 0 Å². The summed E-state index contributed by atoms with van der Waals surface area (Å²) in [5, 5.41) is 10.6. The van der Waals surface area contributed by atoms with E-state index in [4.69, 9.17) is 9.47 Å². The van der Waals surface area contributed by atoms with Crippen LogP contribution in [0.5, 0.6) is 11.5 Å². The Morgan fingerprint density at radius 3 is 2.71 bits per heavy atom. The van der Waals surface area contributed by atoms with Crippen molar-refractivity contribution in [3.8, 4) is 11.5 Å². The lowest BCUT2D eigenvalue weighted by Gasteiger charge is -2.19. The molecule has 0 saturated heterocycles. The number of ether oxygens (including phenoxy) is 2. The number of phenols is 1. The fourth-order valence-corrected chi connectivity index (χ4v) is 2.84. The zero-order valence-electron chi connectivity index (χ0n) is 12.6. The number of aryl methyl sites for hydroxylation is 1. The van der Waals surface area contributed by atoms with Crippen LogP contribution in [0.2, 0.25) is 0 Å². The molecular weight excluding hydrogens is 290 g/mol. The van der Waals surface area contributed by atoms with Crippen LogP contribution in [0.25, 0.3) is 10.2 Å². The van der Waals surface area contributed by atoms with Gasteiger partial charge in [-0.25, -0.2) is 4.98 Å². The Bertz CT molecular complexity index is 657. The summed E-state index contributed by atoms with van der Waals surface area (Å²) in [7, 11) is 1.51. The van der Waals surface area contributed by atoms with Gasteiger partial charge in [0.25, 0.3) is 0 Å². The van der Waals surface area contributed by atoms with Gasteiger partial charge in [0.1, 0.15) is 5.60 Å². The first kappa shape index (κ1) is 15.6. The zero-order chi connectivity index (χ0) is 15.6. The van der Waals surface area contributed by atoms with Crippen molar-refractivity contribution in [3.63, 3.8) is 0 Å². The zero-order valence-corrected chi connectivity index (χ0v) is 13.4. The van der Waals surface area contributed by atoms with Crippen LogP contribution < -0.4 is 4.74 Å². The molecule has 0 amide bonds. The number of phenolic OH excluding ortho intramolecular Hbond substituents is 1. The third-order valence-electron chi connectivity index (χ3n) is 2.70. The highest BCUT2D eigenvalue weighted by atomic mass is 32.1. The molecule has 114 valence electrons. The predicted octanol–water partition coefficient (Wildman–Crippen LogP) is 3.28. The van der Waals surface area contributed by atoms with Crippen molar-refractivity contribution < 1.29 is 19.4 Å². The molecule has 1 heterocycles. The maximum Gasteiger partial charge on any atom is 0.306 e. The van der Waals surface area contributed by atoms with Gasteiger partial charge in [-0.3, -0.25) is 4.79 Å². The quantitative estimate of drug-likeness (QED) is 0.878. The maximum absolute atomic E-state index is 11.7. The van der Waals surface area contributed by atoms with Gasteiger partial charge in [0.2, 0.25) is 0 Å². The third kappa shape index (κ3) is 4.07. The molecule has 0 radical (unpaired) electrons. The molecule has 0 spiro atoms. The van der Waals surface area contributed by atoms with Gasteiger partial charge in [-0.1, -0.05) is 0 Å². The molecule has 21 heavy (non-hydrogen) atoms. The van der Waals surface area contributed by atoms with Crippen molar-refractivity contribution in [1.29, 1.82) is 0 Å². The monoisotopic (exact) mass is 309 g/mol. The number of hydrogen-bond donors (Lipinski definition) is 1. The molecule has 0 fully saturated rings. The molecule has 0 aliphatic carbocycles. The van der Waals surface area contributed by atoms with Crippen molar-refractivity contribution in [2.75, 3.05) is 7.11 Å². The third-order valence-corrected chi connectivity index (χ3v) is 3.77. The van der Waals surface area contributed by atoms with E-state index in [2.05, 4.69) is 4.98 Å². The number of thiazole rings is 1. The number of benzene rings is 1. The summed E-state index contributed by atoms with van der Waals surface area (Å²) in [5.74, 6) is 0.251. The lowest BCUT2D eigenvalue weighted by atomic mass is 10.2. The number of rotatable bonds is 4. The van der Waals surface area contributed by atoms with E-state index in [1.54, 1.807) is 12.1 Å². The van der Waals surface area contributed by atoms with E-state index in [0.29, 0.717) is 24.1 Å². The molecule has 0 atom stereocenters. The Kier molecular flexibility index (Phi) is 4.37. The van der Waals surface area contributed by atoms with E-state index in [1.807, 2.05) is 20.8 Å². The molecule has 2 aromatic rings. The van der Waals surface area contributed by atoms with Gasteiger partial charge in [0, 0.05) is 18.6 Å². The summed E-state index contributed by atoms with van der Waals surface area (Å²) < 4.78 is 11.3. The second-order valence-corrected chi connectivity index (χ2v) is 6.80. The summed E-state index contributed by atoms with van der Waals surface area (Å²) in [5.41, 5.74) is 0.238. The van der Waals surface area contributed by atoms with Crippen LogP contribution in [0.4, 0.5) is 0 Å². The van der Waals surface area contributed by atoms with Crippen LogP contribution in [-0.2, 0) is 16.0 Å². The summed E-state index contributed by atoms with van der Waals surface area (Å²) in [6.07, 6.45) is 0.817. The van der Waals surface area contributed by atoms with E-state index < -0.39 is 5.60 Å². The molecule has 0 bridgehead atoms. The van der Waals surface area contributed by atoms with Gasteiger partial charge in [-0.15, -0.1) is 11.3 Å². The fourth-order valence-electron chi connectivity index (χ4n) is 1.86. The highest BCUT2D eigenvalue weighted by Crippen LogP contribution is 2.34. The van der Waals surface area contributed by atoms with E-state index in [-0.39, 0.29) is 11.7 Å². The van der Waals surface area contributed by atoms with E-state index in [0.717, 1.165) is 9.71 Å². The number of aromatic nitrogens is 1. The van der Waals surface area contributed by atoms with Gasteiger partial charge in [0.15, 0.2) is 11.5 Å². The average Bonchev–Trinajstić information content (AvgIpc) is 2.75. The number of aromatic hydroxyl groups is 1. The standard InChI is InChI=1S/C15H19NO4S/c1-15(2,3)20-14(18)6-5-13-16-9-7-10(17)11(19-4)8-12(9)21-13/h7-8,17H,5-6H2,1-4H3. The Balaban J connectivity index is 2.08. The minimum Gasteiger partial charge on any atom is -0.504 e. The first-order chi connectivity index (χ1) is 9.78. The number of methoxy groups -OCH3 is 1. The number of carbonyl (C=O) groups is 1. The second-order valence-electron chi connectivity index (χ2n) is 5.69. The van der Waals surface area contributed by atoms with Crippen molar-refractivity contribution in [3.05, 3.63) is 17.1 Å². The molecule has 0 aliphatic rings. The van der Waals surface area contributed by atoms with Crippen LogP contribution in [0.1, 0.15) is 32.2 Å². The Hall–Kier alpha value is -1.82. The predicted molar refractivity (Wildman–Crippen MR) is 82.0 cm³/mol. The Morgan fingerprint density at radius 1 is 1.38 bits per heavy atom. The minimum atomic E-state index is -0.468. The van der Waals surface area contributed by atoms with E-state index in [1.165, 1.54) is 18.4 Å². The first-order valence-electron chi connectivity index (χ1n) is 6.67. The molecule has 6 heteroatoms. The summed E-state index contributed by atoms with van der Waals surface area (Å²) in [6.45, 7) is 5.53. The lowest BCUT2D eigenvalue weighted by molar-refractivity contribution is -0.154. The van der Waals surface area contributed by atoms with Crippen LogP contribution >= 0.6 is 11.3 Å². The van der Waals surface area contributed by atoms with Crippen LogP contribution in [0.15, 0.2) is 12.1 Å². The number of hydrogen-bond acceptors (Lipinski definition) is 6. The van der Waals surface area contributed by atoms with E-state index in [9.17, 15) is 9.90 Å². The Labute approximate surface area is 127 Å². The normalized spacial score (nSPS) is 11.6. The molecule has 2 rings (SSSR count). The van der Waals surface area contributed by atoms with Crippen LogP contribution in [0.3, 0.4) is 0 Å². The molecular formula is C15H19NO4S. The lowest BCUT2D eigenvalue weighted by Crippen LogP contribution is -2.23. The number of nitrogens with zero attached hydrogens (tertiary/aromatic N) is 1. The SMILES string of the molecule is COc1cc2sc(CCC(=O)OC(C)(C)C)nc2cc1O. The van der Waals surface area contributed by atoms with Crippen molar-refractivity contribution in [2.24, 2.45) is 0 Å². The molecule has 1 aromatic carbocycles. The fraction of sp³-hybridized carbons (Fsp3) is 0.467. The van der Waals surface area contributed by atoms with Crippen molar-refractivity contribution in [2.45, 2.75) is 39.2 Å². The van der Waals surface area contributed by atoms with Gasteiger partial charge in [-0.05, 0) is 20.8 Å². The van der Waals surface area contributed by atoms with Gasteiger partial charge in [-0.2, -0.15) is 0 Å². The smallest absolute Gasteiger partial charge is 0.306 e. The molecule has 0 aliphatic heterocycles. The number of esters is 1. The first-order valence-corrected chi connectivity index (χ1v) is 7.48. The molecule has 0 unspecified atom stereocenters. The summed E-state index contributed by atoms with van der Waals surface area (Å²) >= 11 is 1.49. The number of carbonyl (C=O) groups excluding carboxylic acids is 1. The van der Waals surface area contributed by atoms with Gasteiger partial charge < -0.3 is 14.6 Å². The average molecular weight is 309 g/mol. The maximum atomic E-state index is 11.7. The van der Waals surface area contributed by atoms with Crippen molar-refractivity contribution >= 4 is 27.5 Å². The van der Waals surface area contributed by atoms with Gasteiger partial charge in [0.05, 0.1) is 28.8 Å². The second kappa shape index (κ2) is 5.89. The van der Waals surface area contributed by atoms with Crippen molar-refractivity contribution in [1.82, 2.24) is 4.98 Å². The minimum absolute atomic E-state index is 0.0639. The van der Waals surface area contributed by atoms with Gasteiger partial charge >= 0.3 is 5.97 Å². The Morgan fingerprint density at radius 2 is 2.10 bits per heavy atom. The molecule has 1 aromatic heterocycles. The largest absolute Gasteiger partial charge is 0.504 e. The summed E-state index contributed by atoms with van der Waals surface area (Å²) in [4.78, 5) is 16.1. The molecule has 1 N–H and O–H groups in total. The highest BCUT2D eigenvalue weighted by Gasteiger charge is 2.17. The molecule has 5 nitrogen and oxygen atoms in total. The highest BCUT2D eigenvalue weighted by molar-refractivity contribution is 7.18. The number of fused-ring (bicyclic) bond motifs is 1. The molecule has 0 saturated carbocycles. The summed E-state index contributed by atoms with van der Waals surface area (Å²) in [6, 6.07) is 3.32.